The second-order valence-electron chi connectivity index (χ2n) is 6.50. The van der Waals surface area contributed by atoms with Gasteiger partial charge in [0.05, 0.1) is 13.2 Å². The van der Waals surface area contributed by atoms with Crippen LogP contribution in [0.2, 0.25) is 0 Å². The van der Waals surface area contributed by atoms with Crippen molar-refractivity contribution in [1.29, 1.82) is 0 Å². The molecule has 2 heteroatoms. The van der Waals surface area contributed by atoms with Crippen molar-refractivity contribution in [2.45, 2.75) is 51.7 Å². The van der Waals surface area contributed by atoms with Gasteiger partial charge in [-0.25, -0.2) is 0 Å². The number of aryl methyl sites for hydroxylation is 1. The molecule has 0 bridgehead atoms. The molecule has 0 radical (unpaired) electrons. The highest BCUT2D eigenvalue weighted by atomic mass is 16.7. The third-order valence-corrected chi connectivity index (χ3v) is 4.73. The van der Waals surface area contributed by atoms with E-state index in [0.717, 1.165) is 25.0 Å². The summed E-state index contributed by atoms with van der Waals surface area (Å²) in [6, 6.07) is 8.76. The molecule has 110 valence electrons. The molecule has 1 saturated carbocycles. The molecule has 0 N–H and O–H groups in total. The zero-order chi connectivity index (χ0) is 13.8. The van der Waals surface area contributed by atoms with E-state index in [-0.39, 0.29) is 6.29 Å². The fraction of sp³-hybridized carbons (Fsp3) is 0.667. The molecule has 2 aliphatic rings. The van der Waals surface area contributed by atoms with Crippen LogP contribution in [0.4, 0.5) is 0 Å². The minimum absolute atomic E-state index is 0.135. The van der Waals surface area contributed by atoms with E-state index in [0.29, 0.717) is 0 Å². The van der Waals surface area contributed by atoms with Crippen molar-refractivity contribution in [3.8, 4) is 0 Å². The van der Waals surface area contributed by atoms with E-state index >= 15 is 0 Å². The zero-order valence-corrected chi connectivity index (χ0v) is 12.5. The molecule has 0 amide bonds. The fourth-order valence-electron chi connectivity index (χ4n) is 3.64. The van der Waals surface area contributed by atoms with Gasteiger partial charge in [-0.1, -0.05) is 50.5 Å². The first-order valence-corrected chi connectivity index (χ1v) is 8.13. The third-order valence-electron chi connectivity index (χ3n) is 4.73. The molecule has 0 spiro atoms. The topological polar surface area (TPSA) is 18.5 Å². The van der Waals surface area contributed by atoms with Crippen molar-refractivity contribution < 1.29 is 9.47 Å². The van der Waals surface area contributed by atoms with Crippen LogP contribution in [0.25, 0.3) is 0 Å². The normalized spacial score (nSPS) is 27.9. The van der Waals surface area contributed by atoms with Crippen molar-refractivity contribution in [3.63, 3.8) is 0 Å². The van der Waals surface area contributed by atoms with E-state index in [1.165, 1.54) is 49.7 Å². The number of benzene rings is 1. The highest BCUT2D eigenvalue weighted by Crippen LogP contribution is 2.32. The summed E-state index contributed by atoms with van der Waals surface area (Å²) in [7, 11) is 0. The molecule has 1 aliphatic carbocycles. The summed E-state index contributed by atoms with van der Waals surface area (Å²) < 4.78 is 11.2. The van der Waals surface area contributed by atoms with E-state index in [1.807, 2.05) is 0 Å². The van der Waals surface area contributed by atoms with Gasteiger partial charge < -0.3 is 9.47 Å². The lowest BCUT2D eigenvalue weighted by Gasteiger charge is -2.26. The maximum absolute atomic E-state index is 5.58. The van der Waals surface area contributed by atoms with Gasteiger partial charge in [-0.05, 0) is 36.7 Å². The Kier molecular flexibility index (Phi) is 4.74. The fourth-order valence-corrected chi connectivity index (χ4v) is 3.64. The van der Waals surface area contributed by atoms with Gasteiger partial charge in [0.15, 0.2) is 6.29 Å². The van der Waals surface area contributed by atoms with Gasteiger partial charge in [-0.3, -0.25) is 0 Å². The van der Waals surface area contributed by atoms with Crippen molar-refractivity contribution in [2.75, 3.05) is 13.2 Å². The van der Waals surface area contributed by atoms with Crippen LogP contribution in [0.15, 0.2) is 24.3 Å². The SMILES string of the molecule is CC1CCCC(CCc2cccc(C3OCCO3)c2)C1. The largest absolute Gasteiger partial charge is 0.346 e. The van der Waals surface area contributed by atoms with Gasteiger partial charge in [0.25, 0.3) is 0 Å². The summed E-state index contributed by atoms with van der Waals surface area (Å²) in [6.07, 6.45) is 8.11. The summed E-state index contributed by atoms with van der Waals surface area (Å²) >= 11 is 0. The average Bonchev–Trinajstić information content (AvgIpc) is 3.00. The van der Waals surface area contributed by atoms with Gasteiger partial charge in [0.2, 0.25) is 0 Å². The summed E-state index contributed by atoms with van der Waals surface area (Å²) in [5, 5.41) is 0. The molecule has 2 atom stereocenters. The summed E-state index contributed by atoms with van der Waals surface area (Å²) in [4.78, 5) is 0. The molecule has 2 unspecified atom stereocenters. The Morgan fingerprint density at radius 2 is 2.00 bits per heavy atom. The number of hydrogen-bond donors (Lipinski definition) is 0. The molecule has 1 aliphatic heterocycles. The van der Waals surface area contributed by atoms with Crippen LogP contribution in [-0.4, -0.2) is 13.2 Å². The van der Waals surface area contributed by atoms with Gasteiger partial charge >= 0.3 is 0 Å². The molecular weight excluding hydrogens is 248 g/mol. The van der Waals surface area contributed by atoms with Crippen molar-refractivity contribution in [3.05, 3.63) is 35.4 Å². The Bertz CT molecular complexity index is 423. The molecule has 2 fully saturated rings. The maximum Gasteiger partial charge on any atom is 0.184 e. The van der Waals surface area contributed by atoms with Crippen LogP contribution < -0.4 is 0 Å². The molecule has 2 nitrogen and oxygen atoms in total. The van der Waals surface area contributed by atoms with Gasteiger partial charge in [0.1, 0.15) is 0 Å². The predicted octanol–water partition coefficient (Wildman–Crippen LogP) is 4.49. The Labute approximate surface area is 122 Å². The Balaban J connectivity index is 1.55. The first-order valence-electron chi connectivity index (χ1n) is 8.13. The molecule has 20 heavy (non-hydrogen) atoms. The second-order valence-corrected chi connectivity index (χ2v) is 6.50. The van der Waals surface area contributed by atoms with Crippen LogP contribution in [0.5, 0.6) is 0 Å². The van der Waals surface area contributed by atoms with Crippen LogP contribution in [0.3, 0.4) is 0 Å². The van der Waals surface area contributed by atoms with E-state index in [1.54, 1.807) is 0 Å². The average molecular weight is 274 g/mol. The zero-order valence-electron chi connectivity index (χ0n) is 12.5. The molecular formula is C18H26O2. The minimum Gasteiger partial charge on any atom is -0.346 e. The van der Waals surface area contributed by atoms with E-state index in [9.17, 15) is 0 Å². The molecule has 1 aromatic carbocycles. The lowest BCUT2D eigenvalue weighted by atomic mass is 9.80. The molecule has 1 saturated heterocycles. The summed E-state index contributed by atoms with van der Waals surface area (Å²) in [5.74, 6) is 1.86. The van der Waals surface area contributed by atoms with Crippen LogP contribution >= 0.6 is 0 Å². The van der Waals surface area contributed by atoms with Gasteiger partial charge in [0, 0.05) is 5.56 Å². The third kappa shape index (κ3) is 3.62. The van der Waals surface area contributed by atoms with Gasteiger partial charge in [-0.2, -0.15) is 0 Å². The second kappa shape index (κ2) is 6.73. The first-order chi connectivity index (χ1) is 9.81. The Hall–Kier alpha value is -0.860. The standard InChI is InChI=1S/C18H26O2/c1-14-4-2-5-15(12-14)8-9-16-6-3-7-17(13-16)18-19-10-11-20-18/h3,6-7,13-15,18H,2,4-5,8-12H2,1H3. The smallest absolute Gasteiger partial charge is 0.184 e. The molecule has 3 rings (SSSR count). The molecule has 1 heterocycles. The van der Waals surface area contributed by atoms with Gasteiger partial charge in [-0.15, -0.1) is 0 Å². The lowest BCUT2D eigenvalue weighted by molar-refractivity contribution is -0.0441. The maximum atomic E-state index is 5.58. The van der Waals surface area contributed by atoms with Crippen LogP contribution in [-0.2, 0) is 15.9 Å². The molecule has 1 aromatic rings. The number of hydrogen-bond acceptors (Lipinski definition) is 2. The Morgan fingerprint density at radius 1 is 1.15 bits per heavy atom. The highest BCUT2D eigenvalue weighted by Gasteiger charge is 2.20. The minimum atomic E-state index is -0.135. The van der Waals surface area contributed by atoms with E-state index in [4.69, 9.17) is 9.47 Å². The predicted molar refractivity (Wildman–Crippen MR) is 80.5 cm³/mol. The number of ether oxygens (including phenoxy) is 2. The monoisotopic (exact) mass is 274 g/mol. The number of rotatable bonds is 4. The molecule has 0 aromatic heterocycles. The van der Waals surface area contributed by atoms with Crippen LogP contribution in [0.1, 0.15) is 56.4 Å². The first kappa shape index (κ1) is 14.1. The summed E-state index contributed by atoms with van der Waals surface area (Å²) in [6.45, 7) is 3.84. The van der Waals surface area contributed by atoms with Crippen molar-refractivity contribution >= 4 is 0 Å². The van der Waals surface area contributed by atoms with E-state index < -0.39 is 0 Å². The highest BCUT2D eigenvalue weighted by molar-refractivity contribution is 5.24. The van der Waals surface area contributed by atoms with E-state index in [2.05, 4.69) is 31.2 Å². The lowest BCUT2D eigenvalue weighted by Crippen LogP contribution is -2.13. The quantitative estimate of drug-likeness (QED) is 0.805. The summed E-state index contributed by atoms with van der Waals surface area (Å²) in [5.41, 5.74) is 2.61. The Morgan fingerprint density at radius 3 is 2.80 bits per heavy atom. The van der Waals surface area contributed by atoms with Crippen molar-refractivity contribution in [1.82, 2.24) is 0 Å². The van der Waals surface area contributed by atoms with Crippen molar-refractivity contribution in [2.24, 2.45) is 11.8 Å². The van der Waals surface area contributed by atoms with Crippen LogP contribution in [0, 0.1) is 11.8 Å².